The molecule has 3 N–H and O–H groups in total. The van der Waals surface area contributed by atoms with Crippen molar-refractivity contribution in [3.8, 4) is 11.1 Å². The van der Waals surface area contributed by atoms with Gasteiger partial charge < -0.3 is 11.1 Å². The highest BCUT2D eigenvalue weighted by Gasteiger charge is 2.34. The zero-order valence-electron chi connectivity index (χ0n) is 18.3. The van der Waals surface area contributed by atoms with E-state index in [2.05, 4.69) is 10.3 Å². The number of nitrogens with one attached hydrogen (secondary N) is 1. The van der Waals surface area contributed by atoms with Gasteiger partial charge in [-0.1, -0.05) is 30.3 Å². The van der Waals surface area contributed by atoms with Crippen LogP contribution in [0.3, 0.4) is 0 Å². The van der Waals surface area contributed by atoms with Crippen LogP contribution < -0.4 is 16.0 Å². The summed E-state index contributed by atoms with van der Waals surface area (Å²) in [6.45, 7) is 0.0532. The van der Waals surface area contributed by atoms with Crippen molar-refractivity contribution < 1.29 is 22.4 Å². The molecule has 5 nitrogen and oxygen atoms in total. The number of carbonyl (C=O) groups excluding carboxylic acids is 1. The van der Waals surface area contributed by atoms with Crippen molar-refractivity contribution in [3.63, 3.8) is 0 Å². The van der Waals surface area contributed by atoms with Gasteiger partial charge in [0.1, 0.15) is 5.82 Å². The van der Waals surface area contributed by atoms with Gasteiger partial charge in [-0.05, 0) is 65.7 Å². The number of carbonyl (C=O) groups is 1. The Hall–Kier alpha value is -4.40. The van der Waals surface area contributed by atoms with Gasteiger partial charge in [0.25, 0.3) is 0 Å². The number of pyridine rings is 1. The van der Waals surface area contributed by atoms with Gasteiger partial charge in [0.05, 0.1) is 17.8 Å². The number of rotatable bonds is 5. The highest BCUT2D eigenvalue weighted by Crippen LogP contribution is 2.33. The van der Waals surface area contributed by atoms with Gasteiger partial charge in [0.15, 0.2) is 0 Å². The number of urea groups is 1. The summed E-state index contributed by atoms with van der Waals surface area (Å²) < 4.78 is 53.0. The van der Waals surface area contributed by atoms with Gasteiger partial charge in [-0.3, -0.25) is 9.88 Å². The van der Waals surface area contributed by atoms with Crippen LogP contribution >= 0.6 is 0 Å². The summed E-state index contributed by atoms with van der Waals surface area (Å²) in [5.74, 6) is -1.42. The normalized spacial score (nSPS) is 11.2. The molecule has 4 rings (SSSR count). The molecule has 178 valence electrons. The number of hydrogen-bond acceptors (Lipinski definition) is 3. The Bertz CT molecular complexity index is 1330. The van der Waals surface area contributed by atoms with Gasteiger partial charge in [-0.2, -0.15) is 13.2 Å². The first-order chi connectivity index (χ1) is 16.7. The number of benzene rings is 3. The van der Waals surface area contributed by atoms with E-state index in [4.69, 9.17) is 5.73 Å². The molecule has 0 fully saturated rings. The number of nitrogen functional groups attached to an aromatic ring is 1. The largest absolute Gasteiger partial charge is 0.419 e. The van der Waals surface area contributed by atoms with Crippen LogP contribution in [0.4, 0.5) is 39.4 Å². The van der Waals surface area contributed by atoms with E-state index in [0.29, 0.717) is 29.2 Å². The SMILES string of the molecule is Nc1cccc(-c2ccc(N(Cc3ccccn3)C(=O)Nc3ccc(F)c(C(F)(F)F)c3)cc2)c1. The molecule has 1 heterocycles. The minimum absolute atomic E-state index is 0.0532. The summed E-state index contributed by atoms with van der Waals surface area (Å²) in [5.41, 5.74) is 7.63. The van der Waals surface area contributed by atoms with Crippen LogP contribution in [0, 0.1) is 5.82 Å². The van der Waals surface area contributed by atoms with Crippen LogP contribution in [0.25, 0.3) is 11.1 Å². The first kappa shape index (κ1) is 23.7. The molecule has 0 aliphatic heterocycles. The highest BCUT2D eigenvalue weighted by atomic mass is 19.4. The molecular weight excluding hydrogens is 460 g/mol. The Kier molecular flexibility index (Phi) is 6.68. The van der Waals surface area contributed by atoms with Crippen LogP contribution in [-0.2, 0) is 12.7 Å². The first-order valence-corrected chi connectivity index (χ1v) is 10.5. The molecule has 1 aromatic heterocycles. The summed E-state index contributed by atoms with van der Waals surface area (Å²) in [4.78, 5) is 18.7. The van der Waals surface area contributed by atoms with Crippen LogP contribution in [0.5, 0.6) is 0 Å². The maximum Gasteiger partial charge on any atom is 0.419 e. The van der Waals surface area contributed by atoms with Crippen molar-refractivity contribution in [2.75, 3.05) is 16.0 Å². The molecule has 0 radical (unpaired) electrons. The number of amides is 2. The lowest BCUT2D eigenvalue weighted by atomic mass is 10.0. The lowest BCUT2D eigenvalue weighted by Crippen LogP contribution is -2.34. The zero-order valence-corrected chi connectivity index (χ0v) is 18.3. The second-order valence-electron chi connectivity index (χ2n) is 7.70. The second-order valence-corrected chi connectivity index (χ2v) is 7.70. The van der Waals surface area contributed by atoms with E-state index in [1.54, 1.807) is 42.6 Å². The summed E-state index contributed by atoms with van der Waals surface area (Å²) in [7, 11) is 0. The molecule has 2 amide bonds. The van der Waals surface area contributed by atoms with Crippen molar-refractivity contribution >= 4 is 23.1 Å². The molecule has 0 aliphatic carbocycles. The second kappa shape index (κ2) is 9.84. The number of nitrogens with two attached hydrogens (primary N) is 1. The Morgan fingerprint density at radius 1 is 0.914 bits per heavy atom. The molecule has 0 unspecified atom stereocenters. The maximum absolute atomic E-state index is 13.7. The van der Waals surface area contributed by atoms with E-state index in [-0.39, 0.29) is 12.2 Å². The average molecular weight is 480 g/mol. The summed E-state index contributed by atoms with van der Waals surface area (Å²) in [6, 6.07) is 21.2. The smallest absolute Gasteiger partial charge is 0.399 e. The topological polar surface area (TPSA) is 71.2 Å². The molecular formula is C26H20F4N4O. The lowest BCUT2D eigenvalue weighted by molar-refractivity contribution is -0.139. The fraction of sp³-hybridized carbons (Fsp3) is 0.0769. The molecule has 3 aromatic carbocycles. The van der Waals surface area contributed by atoms with Gasteiger partial charge in [-0.25, -0.2) is 9.18 Å². The standard InChI is InChI=1S/C26H20F4N4O/c27-24-12-9-20(15-23(24)26(28,29)30)33-25(35)34(16-21-6-1-2-13-32-21)22-10-7-17(8-11-22)18-4-3-5-19(31)14-18/h1-15H,16,31H2,(H,33,35). The van der Waals surface area contributed by atoms with E-state index in [9.17, 15) is 22.4 Å². The predicted molar refractivity (Wildman–Crippen MR) is 127 cm³/mol. The predicted octanol–water partition coefficient (Wildman–Crippen LogP) is 6.73. The van der Waals surface area contributed by atoms with E-state index >= 15 is 0 Å². The van der Waals surface area contributed by atoms with Crippen LogP contribution in [0.1, 0.15) is 11.3 Å². The van der Waals surface area contributed by atoms with Gasteiger partial charge in [0, 0.05) is 23.3 Å². The minimum Gasteiger partial charge on any atom is -0.399 e. The number of nitrogens with zero attached hydrogens (tertiary/aromatic N) is 2. The monoisotopic (exact) mass is 480 g/mol. The van der Waals surface area contributed by atoms with E-state index in [1.165, 1.54) is 4.90 Å². The van der Waals surface area contributed by atoms with E-state index < -0.39 is 23.6 Å². The molecule has 0 saturated heterocycles. The molecule has 0 bridgehead atoms. The third kappa shape index (κ3) is 5.75. The van der Waals surface area contributed by atoms with E-state index in [1.807, 2.05) is 30.3 Å². The average Bonchev–Trinajstić information content (AvgIpc) is 2.84. The fourth-order valence-corrected chi connectivity index (χ4v) is 3.50. The number of alkyl halides is 3. The van der Waals surface area contributed by atoms with Gasteiger partial charge in [-0.15, -0.1) is 0 Å². The van der Waals surface area contributed by atoms with E-state index in [0.717, 1.165) is 17.2 Å². The molecule has 0 aliphatic rings. The quantitative estimate of drug-likeness (QED) is 0.246. The molecule has 35 heavy (non-hydrogen) atoms. The summed E-state index contributed by atoms with van der Waals surface area (Å²) in [5, 5.41) is 2.43. The molecule has 0 atom stereocenters. The summed E-state index contributed by atoms with van der Waals surface area (Å²) in [6.07, 6.45) is -3.32. The van der Waals surface area contributed by atoms with Crippen molar-refractivity contribution in [2.24, 2.45) is 0 Å². The Morgan fingerprint density at radius 2 is 1.69 bits per heavy atom. The third-order valence-corrected chi connectivity index (χ3v) is 5.21. The molecule has 4 aromatic rings. The number of aromatic nitrogens is 1. The summed E-state index contributed by atoms with van der Waals surface area (Å²) >= 11 is 0. The van der Waals surface area contributed by atoms with Crippen LogP contribution in [0.2, 0.25) is 0 Å². The van der Waals surface area contributed by atoms with Gasteiger partial charge >= 0.3 is 12.2 Å². The molecule has 9 heteroatoms. The fourth-order valence-electron chi connectivity index (χ4n) is 3.50. The van der Waals surface area contributed by atoms with Crippen molar-refractivity contribution in [2.45, 2.75) is 12.7 Å². The third-order valence-electron chi connectivity index (χ3n) is 5.21. The molecule has 0 spiro atoms. The Balaban J connectivity index is 1.64. The molecule has 0 saturated carbocycles. The van der Waals surface area contributed by atoms with Crippen molar-refractivity contribution in [1.29, 1.82) is 0 Å². The highest BCUT2D eigenvalue weighted by molar-refractivity contribution is 6.01. The Labute approximate surface area is 198 Å². The number of halogens is 4. The van der Waals surface area contributed by atoms with Crippen LogP contribution in [-0.4, -0.2) is 11.0 Å². The Morgan fingerprint density at radius 3 is 2.34 bits per heavy atom. The van der Waals surface area contributed by atoms with Crippen LogP contribution in [0.15, 0.2) is 91.1 Å². The number of anilines is 3. The van der Waals surface area contributed by atoms with Crippen molar-refractivity contribution in [3.05, 3.63) is 108 Å². The first-order valence-electron chi connectivity index (χ1n) is 10.5. The number of hydrogen-bond donors (Lipinski definition) is 2. The maximum atomic E-state index is 13.7. The van der Waals surface area contributed by atoms with Crippen molar-refractivity contribution in [1.82, 2.24) is 4.98 Å². The van der Waals surface area contributed by atoms with Gasteiger partial charge in [0.2, 0.25) is 0 Å². The zero-order chi connectivity index (χ0) is 25.0. The minimum atomic E-state index is -4.89. The lowest BCUT2D eigenvalue weighted by Gasteiger charge is -2.23.